The molecule has 0 saturated heterocycles. The van der Waals surface area contributed by atoms with E-state index < -0.39 is 18.0 Å². The second-order valence-corrected chi connectivity index (χ2v) is 9.22. The van der Waals surface area contributed by atoms with Crippen LogP contribution < -0.4 is 32.7 Å². The van der Waals surface area contributed by atoms with Crippen molar-refractivity contribution < 1.29 is 24.3 Å². The summed E-state index contributed by atoms with van der Waals surface area (Å²) in [6.07, 6.45) is 2.38. The predicted molar refractivity (Wildman–Crippen MR) is 149 cm³/mol. The Bertz CT molecular complexity index is 1370. The lowest BCUT2D eigenvalue weighted by molar-refractivity contribution is -0.137. The summed E-state index contributed by atoms with van der Waals surface area (Å²) < 4.78 is 1.58. The van der Waals surface area contributed by atoms with Crippen molar-refractivity contribution in [2.24, 2.45) is 11.5 Å². The summed E-state index contributed by atoms with van der Waals surface area (Å²) in [6.45, 7) is 0.639. The number of hydrogen-bond acceptors (Lipinski definition) is 5. The minimum Gasteiger partial charge on any atom is -0.480 e. The number of aliphatic carboxylic acids is 1. The van der Waals surface area contributed by atoms with Crippen LogP contribution in [0.2, 0.25) is 0 Å². The molecule has 3 rings (SSSR count). The van der Waals surface area contributed by atoms with E-state index in [4.69, 9.17) is 16.9 Å². The molecule has 2 aromatic carbocycles. The number of carboxylic acids is 1. The van der Waals surface area contributed by atoms with Gasteiger partial charge in [0.25, 0.3) is 0 Å². The van der Waals surface area contributed by atoms with Crippen LogP contribution in [0.4, 0.5) is 4.79 Å². The zero-order valence-corrected chi connectivity index (χ0v) is 21.9. The number of benzene rings is 2. The van der Waals surface area contributed by atoms with Crippen molar-refractivity contribution in [3.63, 3.8) is 0 Å². The van der Waals surface area contributed by atoms with E-state index in [-0.39, 0.29) is 37.3 Å². The smallest absolute Gasteiger partial charge is 0.323 e. The topological polar surface area (TPSA) is 217 Å². The number of hydrogen-bond donors (Lipinski definition) is 8. The molecular formula is C27H34N8O5. The summed E-state index contributed by atoms with van der Waals surface area (Å²) in [5.74, 6) is -1.94. The minimum atomic E-state index is -0.996. The summed E-state index contributed by atoms with van der Waals surface area (Å²) in [5, 5.41) is 28.1. The first-order chi connectivity index (χ1) is 19.1. The standard InChI is InChI=1S/C27H34N8O5/c28-26(29)31-11-3-5-21(25(39)32-13-17-7-9-18(10-8-17)14-33-27(30)40)34-23(36)12-19-15-35(16-24(37)38)22-6-2-1-4-20(19)22/h1-2,4,6-10,15,21H,3,5,11-14,16H2,(H,32,39)(H,34,36)(H,37,38)(H4,28,29,31)(H3,30,33,40)/t21-/m1/s1. The fraction of sp³-hybridized carbons (Fsp3) is 0.296. The Labute approximate surface area is 230 Å². The molecule has 13 nitrogen and oxygen atoms in total. The summed E-state index contributed by atoms with van der Waals surface area (Å²) in [4.78, 5) is 48.3. The van der Waals surface area contributed by atoms with Gasteiger partial charge < -0.3 is 42.4 Å². The van der Waals surface area contributed by atoms with Gasteiger partial charge in [-0.25, -0.2) is 4.79 Å². The fourth-order valence-corrected chi connectivity index (χ4v) is 4.23. The molecule has 1 atom stereocenters. The maximum Gasteiger partial charge on any atom is 0.323 e. The van der Waals surface area contributed by atoms with Crippen LogP contribution >= 0.6 is 0 Å². The van der Waals surface area contributed by atoms with Gasteiger partial charge in [-0.15, -0.1) is 0 Å². The highest BCUT2D eigenvalue weighted by Crippen LogP contribution is 2.22. The number of carboxylic acid groups (broad SMARTS) is 1. The Kier molecular flexibility index (Phi) is 10.5. The van der Waals surface area contributed by atoms with Crippen molar-refractivity contribution in [2.75, 3.05) is 6.54 Å². The number of nitrogens with zero attached hydrogens (tertiary/aromatic N) is 1. The molecule has 4 amide bonds. The van der Waals surface area contributed by atoms with E-state index in [2.05, 4.69) is 21.3 Å². The predicted octanol–water partition coefficient (Wildman–Crippen LogP) is 0.501. The minimum absolute atomic E-state index is 0.0383. The highest BCUT2D eigenvalue weighted by atomic mass is 16.4. The van der Waals surface area contributed by atoms with E-state index in [1.807, 2.05) is 36.4 Å². The maximum absolute atomic E-state index is 13.1. The second-order valence-electron chi connectivity index (χ2n) is 9.22. The Morgan fingerprint density at radius 1 is 0.925 bits per heavy atom. The van der Waals surface area contributed by atoms with Gasteiger partial charge in [0.05, 0.1) is 6.42 Å². The van der Waals surface area contributed by atoms with Crippen LogP contribution in [0.3, 0.4) is 0 Å². The molecule has 10 N–H and O–H groups in total. The number of rotatable bonds is 14. The Morgan fingerprint density at radius 2 is 1.57 bits per heavy atom. The van der Waals surface area contributed by atoms with Gasteiger partial charge in [-0.3, -0.25) is 19.8 Å². The number of nitrogens with two attached hydrogens (primary N) is 2. The number of urea groups is 1. The maximum atomic E-state index is 13.1. The highest BCUT2D eigenvalue weighted by Gasteiger charge is 2.22. The molecule has 0 fully saturated rings. The van der Waals surface area contributed by atoms with E-state index in [1.165, 1.54) is 0 Å². The number of guanidine groups is 1. The lowest BCUT2D eigenvalue weighted by Gasteiger charge is -2.19. The van der Waals surface area contributed by atoms with E-state index in [9.17, 15) is 24.3 Å². The molecule has 1 heterocycles. The Morgan fingerprint density at radius 3 is 2.20 bits per heavy atom. The van der Waals surface area contributed by atoms with Gasteiger partial charge >= 0.3 is 12.0 Å². The first kappa shape index (κ1) is 29.5. The summed E-state index contributed by atoms with van der Waals surface area (Å²) in [7, 11) is 0. The molecule has 0 saturated carbocycles. The SMILES string of the molecule is N=C(N)NCCC[C@@H](NC(=O)Cc1cn(CC(=O)O)c2ccccc12)C(=O)NCc1ccc(CNC(N)=O)cc1. The lowest BCUT2D eigenvalue weighted by atomic mass is 10.1. The monoisotopic (exact) mass is 550 g/mol. The van der Waals surface area contributed by atoms with E-state index in [0.29, 0.717) is 37.0 Å². The molecular weight excluding hydrogens is 516 g/mol. The van der Waals surface area contributed by atoms with Crippen molar-refractivity contribution in [1.82, 2.24) is 25.8 Å². The Balaban J connectivity index is 1.65. The second kappa shape index (κ2) is 14.2. The number of fused-ring (bicyclic) bond motifs is 1. The van der Waals surface area contributed by atoms with Crippen LogP contribution in [0.5, 0.6) is 0 Å². The molecule has 0 aliphatic rings. The first-order valence-corrected chi connectivity index (χ1v) is 12.7. The molecule has 0 aliphatic carbocycles. The van der Waals surface area contributed by atoms with Crippen LogP contribution in [0.25, 0.3) is 10.9 Å². The number of nitrogens with one attached hydrogen (secondary N) is 5. The zero-order chi connectivity index (χ0) is 29.1. The number of amides is 4. The molecule has 0 spiro atoms. The molecule has 212 valence electrons. The van der Waals surface area contributed by atoms with E-state index in [1.54, 1.807) is 22.9 Å². The van der Waals surface area contributed by atoms with E-state index in [0.717, 1.165) is 16.5 Å². The Hall–Kier alpha value is -5.07. The molecule has 0 bridgehead atoms. The highest BCUT2D eigenvalue weighted by molar-refractivity contribution is 5.92. The summed E-state index contributed by atoms with van der Waals surface area (Å²) in [6, 6.07) is 13.0. The van der Waals surface area contributed by atoms with Crippen LogP contribution in [-0.2, 0) is 40.4 Å². The van der Waals surface area contributed by atoms with Gasteiger partial charge in [0.2, 0.25) is 11.8 Å². The third kappa shape index (κ3) is 9.04. The number of carbonyl (C=O) groups excluding carboxylic acids is 3. The van der Waals surface area contributed by atoms with Gasteiger partial charge in [0, 0.05) is 36.7 Å². The van der Waals surface area contributed by atoms with Crippen LogP contribution in [0.1, 0.15) is 29.5 Å². The summed E-state index contributed by atoms with van der Waals surface area (Å²) >= 11 is 0. The number of aromatic nitrogens is 1. The van der Waals surface area contributed by atoms with Crippen molar-refractivity contribution in [3.05, 3.63) is 71.4 Å². The number of primary amides is 1. The average Bonchev–Trinajstić information content (AvgIpc) is 3.24. The van der Waals surface area contributed by atoms with Crippen LogP contribution in [-0.4, -0.2) is 52.0 Å². The molecule has 1 aromatic heterocycles. The van der Waals surface area contributed by atoms with Crippen molar-refractivity contribution in [3.8, 4) is 0 Å². The molecule has 0 unspecified atom stereocenters. The zero-order valence-electron chi connectivity index (χ0n) is 21.9. The molecule has 40 heavy (non-hydrogen) atoms. The van der Waals surface area contributed by atoms with Crippen molar-refractivity contribution in [1.29, 1.82) is 5.41 Å². The van der Waals surface area contributed by atoms with E-state index >= 15 is 0 Å². The quantitative estimate of drug-likeness (QED) is 0.0806. The van der Waals surface area contributed by atoms with Gasteiger partial charge in [-0.2, -0.15) is 0 Å². The number of carbonyl (C=O) groups is 4. The van der Waals surface area contributed by atoms with Crippen LogP contribution in [0.15, 0.2) is 54.7 Å². The lowest BCUT2D eigenvalue weighted by Crippen LogP contribution is -2.47. The van der Waals surface area contributed by atoms with Crippen LogP contribution in [0, 0.1) is 5.41 Å². The van der Waals surface area contributed by atoms with Crippen molar-refractivity contribution in [2.45, 2.75) is 44.9 Å². The van der Waals surface area contributed by atoms with Gasteiger partial charge in [0.1, 0.15) is 12.6 Å². The van der Waals surface area contributed by atoms with Gasteiger partial charge in [0.15, 0.2) is 5.96 Å². The number of para-hydroxylation sites is 1. The molecule has 0 aliphatic heterocycles. The van der Waals surface area contributed by atoms with Gasteiger partial charge in [-0.1, -0.05) is 42.5 Å². The third-order valence-electron chi connectivity index (χ3n) is 6.12. The largest absolute Gasteiger partial charge is 0.480 e. The molecule has 13 heteroatoms. The third-order valence-corrected chi connectivity index (χ3v) is 6.12. The first-order valence-electron chi connectivity index (χ1n) is 12.7. The summed E-state index contributed by atoms with van der Waals surface area (Å²) in [5.41, 5.74) is 13.4. The van der Waals surface area contributed by atoms with Crippen molar-refractivity contribution >= 4 is 40.7 Å². The molecule has 0 radical (unpaired) electrons. The fourth-order valence-electron chi connectivity index (χ4n) is 4.23. The average molecular weight is 551 g/mol. The van der Waals surface area contributed by atoms with Gasteiger partial charge in [-0.05, 0) is 35.6 Å². The molecule has 3 aromatic rings. The normalized spacial score (nSPS) is 11.4.